The molecule has 182 valence electrons. The predicted octanol–water partition coefficient (Wildman–Crippen LogP) is 4.94. The van der Waals surface area contributed by atoms with Crippen LogP contribution in [-0.4, -0.2) is 41.3 Å². The normalized spacial score (nSPS) is 12.1. The molecule has 0 amide bonds. The molecule has 0 aliphatic rings. The van der Waals surface area contributed by atoms with Crippen LogP contribution in [-0.2, 0) is 26.5 Å². The number of sulfonamides is 2. The molecule has 3 rings (SSSR count). The van der Waals surface area contributed by atoms with Gasteiger partial charge < -0.3 is 0 Å². The highest BCUT2D eigenvalue weighted by Gasteiger charge is 2.26. The number of hydrogen-bond acceptors (Lipinski definition) is 4. The summed E-state index contributed by atoms with van der Waals surface area (Å²) >= 11 is 0. The molecule has 0 radical (unpaired) electrons. The molecule has 0 atom stereocenters. The van der Waals surface area contributed by atoms with Crippen molar-refractivity contribution in [2.75, 3.05) is 24.4 Å². The molecule has 0 saturated heterocycles. The lowest BCUT2D eigenvalue weighted by Crippen LogP contribution is -2.35. The Labute approximate surface area is 204 Å². The number of benzene rings is 3. The molecule has 8 heteroatoms. The van der Waals surface area contributed by atoms with Gasteiger partial charge in [-0.3, -0.25) is 4.31 Å². The van der Waals surface area contributed by atoms with Crippen LogP contribution in [0.1, 0.15) is 31.7 Å². The number of nitrogens with zero attached hydrogens (tertiary/aromatic N) is 2. The Kier molecular flexibility index (Phi) is 8.88. The van der Waals surface area contributed by atoms with E-state index in [4.69, 9.17) is 0 Å². The molecule has 0 unspecified atom stereocenters. The van der Waals surface area contributed by atoms with E-state index in [0.29, 0.717) is 12.1 Å². The molecule has 34 heavy (non-hydrogen) atoms. The maximum atomic E-state index is 13.5. The van der Waals surface area contributed by atoms with Crippen molar-refractivity contribution in [1.82, 2.24) is 4.31 Å². The maximum Gasteiger partial charge on any atom is 0.264 e. The molecule has 0 fully saturated rings. The average molecular weight is 501 g/mol. The van der Waals surface area contributed by atoms with Crippen LogP contribution in [0.3, 0.4) is 0 Å². The summed E-state index contributed by atoms with van der Waals surface area (Å²) in [4.78, 5) is 0.421. The SMILES string of the molecule is CCCCc1ccc(N(CCCN(C)S(=O)(=O)c2ccccc2)S(=O)(=O)c2ccccc2)cc1. The number of anilines is 1. The molecule has 0 aliphatic heterocycles. The van der Waals surface area contributed by atoms with Crippen LogP contribution in [0.5, 0.6) is 0 Å². The van der Waals surface area contributed by atoms with E-state index in [9.17, 15) is 16.8 Å². The summed E-state index contributed by atoms with van der Waals surface area (Å²) in [5, 5.41) is 0. The Balaban J connectivity index is 1.80. The third kappa shape index (κ3) is 6.25. The summed E-state index contributed by atoms with van der Waals surface area (Å²) in [5.74, 6) is 0. The summed E-state index contributed by atoms with van der Waals surface area (Å²) in [6, 6.07) is 24.1. The van der Waals surface area contributed by atoms with Crippen molar-refractivity contribution in [2.45, 2.75) is 42.4 Å². The lowest BCUT2D eigenvalue weighted by Gasteiger charge is -2.26. The molecular formula is C26H32N2O4S2. The zero-order valence-electron chi connectivity index (χ0n) is 19.7. The van der Waals surface area contributed by atoms with Gasteiger partial charge in [0, 0.05) is 20.1 Å². The van der Waals surface area contributed by atoms with Crippen LogP contribution >= 0.6 is 0 Å². The van der Waals surface area contributed by atoms with E-state index in [1.54, 1.807) is 60.7 Å². The number of hydrogen-bond donors (Lipinski definition) is 0. The Morgan fingerprint density at radius 3 is 1.71 bits per heavy atom. The average Bonchev–Trinajstić information content (AvgIpc) is 2.86. The van der Waals surface area contributed by atoms with Crippen LogP contribution in [0.2, 0.25) is 0 Å². The second-order valence-electron chi connectivity index (χ2n) is 8.15. The van der Waals surface area contributed by atoms with Gasteiger partial charge in [0.25, 0.3) is 10.0 Å². The van der Waals surface area contributed by atoms with Crippen molar-refractivity contribution in [3.05, 3.63) is 90.5 Å². The largest absolute Gasteiger partial charge is 0.266 e. The molecule has 0 saturated carbocycles. The first-order valence-corrected chi connectivity index (χ1v) is 14.3. The topological polar surface area (TPSA) is 74.8 Å². The Morgan fingerprint density at radius 1 is 0.647 bits per heavy atom. The second kappa shape index (κ2) is 11.6. The van der Waals surface area contributed by atoms with E-state index in [1.807, 2.05) is 24.3 Å². The van der Waals surface area contributed by atoms with Gasteiger partial charge in [-0.25, -0.2) is 21.1 Å². The summed E-state index contributed by atoms with van der Waals surface area (Å²) < 4.78 is 55.2. The zero-order chi connectivity index (χ0) is 24.6. The summed E-state index contributed by atoms with van der Waals surface area (Å²) in [6.45, 7) is 2.48. The van der Waals surface area contributed by atoms with Gasteiger partial charge in [0.15, 0.2) is 0 Å². The minimum absolute atomic E-state index is 0.153. The van der Waals surface area contributed by atoms with Gasteiger partial charge in [0.05, 0.1) is 15.5 Å². The van der Waals surface area contributed by atoms with Gasteiger partial charge >= 0.3 is 0 Å². The number of rotatable bonds is 12. The lowest BCUT2D eigenvalue weighted by molar-refractivity contribution is 0.463. The molecule has 0 spiro atoms. The van der Waals surface area contributed by atoms with Crippen LogP contribution in [0.15, 0.2) is 94.7 Å². The minimum atomic E-state index is -3.80. The minimum Gasteiger partial charge on any atom is -0.266 e. The van der Waals surface area contributed by atoms with Gasteiger partial charge in [0.1, 0.15) is 0 Å². The van der Waals surface area contributed by atoms with E-state index in [0.717, 1.165) is 24.8 Å². The molecule has 0 aromatic heterocycles. The summed E-state index contributed by atoms with van der Waals surface area (Å²) in [5.41, 5.74) is 1.73. The first-order valence-electron chi connectivity index (χ1n) is 11.4. The van der Waals surface area contributed by atoms with Gasteiger partial charge in [0.2, 0.25) is 10.0 Å². The van der Waals surface area contributed by atoms with Crippen LogP contribution in [0.4, 0.5) is 5.69 Å². The fraction of sp³-hybridized carbons (Fsp3) is 0.308. The molecular weight excluding hydrogens is 468 g/mol. The molecule has 3 aromatic rings. The third-order valence-corrected chi connectivity index (χ3v) is 9.37. The Bertz CT molecular complexity index is 1250. The maximum absolute atomic E-state index is 13.5. The smallest absolute Gasteiger partial charge is 0.264 e. The molecule has 0 N–H and O–H groups in total. The van der Waals surface area contributed by atoms with E-state index in [2.05, 4.69) is 6.92 Å². The van der Waals surface area contributed by atoms with Crippen molar-refractivity contribution in [3.63, 3.8) is 0 Å². The van der Waals surface area contributed by atoms with Crippen molar-refractivity contribution in [3.8, 4) is 0 Å². The summed E-state index contributed by atoms with van der Waals surface area (Å²) in [7, 11) is -5.93. The highest BCUT2D eigenvalue weighted by molar-refractivity contribution is 7.92. The Morgan fingerprint density at radius 2 is 1.18 bits per heavy atom. The van der Waals surface area contributed by atoms with Crippen molar-refractivity contribution in [1.29, 1.82) is 0 Å². The van der Waals surface area contributed by atoms with Crippen molar-refractivity contribution >= 4 is 25.7 Å². The summed E-state index contributed by atoms with van der Waals surface area (Å²) in [6.07, 6.45) is 3.46. The molecule has 6 nitrogen and oxygen atoms in total. The quantitative estimate of drug-likeness (QED) is 0.353. The van der Waals surface area contributed by atoms with E-state index < -0.39 is 20.0 Å². The van der Waals surface area contributed by atoms with Gasteiger partial charge in [-0.05, 0) is 61.2 Å². The van der Waals surface area contributed by atoms with Crippen LogP contribution < -0.4 is 4.31 Å². The standard InChI is InChI=1S/C26H32N2O4S2/c1-3-4-12-23-17-19-24(20-18-23)28(34(31,32)26-15-9-6-10-16-26)22-11-21-27(2)33(29,30)25-13-7-5-8-14-25/h5-10,13-20H,3-4,11-12,21-22H2,1-2H3. The highest BCUT2D eigenvalue weighted by Crippen LogP contribution is 2.25. The Hall–Kier alpha value is -2.68. The first-order chi connectivity index (χ1) is 16.3. The van der Waals surface area contributed by atoms with Crippen molar-refractivity contribution in [2.24, 2.45) is 0 Å². The lowest BCUT2D eigenvalue weighted by atomic mass is 10.1. The van der Waals surface area contributed by atoms with E-state index in [1.165, 1.54) is 15.7 Å². The highest BCUT2D eigenvalue weighted by atomic mass is 32.2. The molecule has 0 bridgehead atoms. The van der Waals surface area contributed by atoms with E-state index >= 15 is 0 Å². The predicted molar refractivity (Wildman–Crippen MR) is 137 cm³/mol. The van der Waals surface area contributed by atoms with Crippen LogP contribution in [0, 0.1) is 0 Å². The van der Waals surface area contributed by atoms with Gasteiger partial charge in [-0.1, -0.05) is 61.9 Å². The van der Waals surface area contributed by atoms with Crippen molar-refractivity contribution < 1.29 is 16.8 Å². The van der Waals surface area contributed by atoms with E-state index in [-0.39, 0.29) is 22.9 Å². The fourth-order valence-electron chi connectivity index (χ4n) is 3.65. The number of aryl methyl sites for hydroxylation is 1. The molecule has 3 aromatic carbocycles. The first kappa shape index (κ1) is 25.9. The second-order valence-corrected chi connectivity index (χ2v) is 12.1. The van der Waals surface area contributed by atoms with Gasteiger partial charge in [-0.2, -0.15) is 0 Å². The van der Waals surface area contributed by atoms with Crippen LogP contribution in [0.25, 0.3) is 0 Å². The monoisotopic (exact) mass is 500 g/mol. The number of unbranched alkanes of at least 4 members (excludes halogenated alkanes) is 1. The third-order valence-electron chi connectivity index (χ3n) is 5.66. The fourth-order valence-corrected chi connectivity index (χ4v) is 6.40. The molecule has 0 heterocycles. The zero-order valence-corrected chi connectivity index (χ0v) is 21.3. The molecule has 0 aliphatic carbocycles. The van der Waals surface area contributed by atoms with Gasteiger partial charge in [-0.15, -0.1) is 0 Å².